The van der Waals surface area contributed by atoms with Gasteiger partial charge in [0.05, 0.1) is 7.11 Å². The van der Waals surface area contributed by atoms with E-state index in [-0.39, 0.29) is 16.9 Å². The van der Waals surface area contributed by atoms with Gasteiger partial charge < -0.3 is 19.5 Å². The lowest BCUT2D eigenvalue weighted by molar-refractivity contribution is -0.186. The molecule has 0 aromatic heterocycles. The average Bonchev–Trinajstić information content (AvgIpc) is 3.44. The summed E-state index contributed by atoms with van der Waals surface area (Å²) in [5, 5.41) is 10.4. The second kappa shape index (κ2) is 5.64. The van der Waals surface area contributed by atoms with Crippen molar-refractivity contribution in [2.75, 3.05) is 33.4 Å². The fourth-order valence-corrected chi connectivity index (χ4v) is 7.56. The molecule has 6 aliphatic rings. The van der Waals surface area contributed by atoms with Crippen molar-refractivity contribution in [2.45, 2.75) is 50.0 Å². The quantitative estimate of drug-likeness (QED) is 0.885. The maximum atomic E-state index is 10.4. The molecule has 2 spiro atoms. The molecule has 27 heavy (non-hydrogen) atoms. The van der Waals surface area contributed by atoms with Gasteiger partial charge >= 0.3 is 0 Å². The van der Waals surface area contributed by atoms with E-state index in [0.29, 0.717) is 18.4 Å². The normalized spacial score (nSPS) is 42.2. The Balaban J connectivity index is 1.50. The second-order valence-electron chi connectivity index (χ2n) is 9.85. The molecule has 1 aromatic rings. The van der Waals surface area contributed by atoms with Crippen LogP contribution in [0.2, 0.25) is 0 Å². The summed E-state index contributed by atoms with van der Waals surface area (Å²) in [7, 11) is 1.75. The summed E-state index contributed by atoms with van der Waals surface area (Å²) in [6.45, 7) is 3.88. The largest absolute Gasteiger partial charge is 0.493 e. The smallest absolute Gasteiger partial charge is 0.165 e. The van der Waals surface area contributed by atoms with E-state index in [2.05, 4.69) is 17.0 Å². The van der Waals surface area contributed by atoms with Crippen LogP contribution >= 0.6 is 0 Å². The number of fused-ring (bicyclic) bond motifs is 3. The standard InChI is InChI=1S/C23H31NO3/c1-26-19-4-2-3-18-20(19)27-21-16-7-8-22(17(11-16)13-25)14-24(12-15-5-6-15)10-9-23(18,21)22/h2-4,15-17,21,25H,5-14H2,1H3. The van der Waals surface area contributed by atoms with Crippen LogP contribution in [0.1, 0.15) is 44.1 Å². The molecule has 5 unspecified atom stereocenters. The van der Waals surface area contributed by atoms with Crippen molar-refractivity contribution < 1.29 is 14.6 Å². The summed E-state index contributed by atoms with van der Waals surface area (Å²) in [6, 6.07) is 6.47. The van der Waals surface area contributed by atoms with Crippen LogP contribution in [0.25, 0.3) is 0 Å². The minimum Gasteiger partial charge on any atom is -0.493 e. The van der Waals surface area contributed by atoms with Crippen LogP contribution in [0.3, 0.4) is 0 Å². The third-order valence-electron chi connectivity index (χ3n) is 8.82. The summed E-state index contributed by atoms with van der Waals surface area (Å²) in [6.07, 6.45) is 7.85. The van der Waals surface area contributed by atoms with Crippen molar-refractivity contribution in [1.82, 2.24) is 4.90 Å². The van der Waals surface area contributed by atoms with E-state index in [1.54, 1.807) is 7.11 Å². The number of hydrogen-bond donors (Lipinski definition) is 1. The number of aliphatic hydroxyl groups excluding tert-OH is 1. The predicted molar refractivity (Wildman–Crippen MR) is 103 cm³/mol. The first-order chi connectivity index (χ1) is 13.2. The number of rotatable bonds is 4. The van der Waals surface area contributed by atoms with Crippen LogP contribution in [0.5, 0.6) is 11.5 Å². The van der Waals surface area contributed by atoms with E-state index in [1.165, 1.54) is 44.3 Å². The molecule has 2 heterocycles. The minimum atomic E-state index is 0.0610. The van der Waals surface area contributed by atoms with Crippen molar-refractivity contribution in [2.24, 2.45) is 23.2 Å². The van der Waals surface area contributed by atoms with Crippen molar-refractivity contribution in [1.29, 1.82) is 0 Å². The van der Waals surface area contributed by atoms with E-state index in [4.69, 9.17) is 9.47 Å². The first kappa shape index (κ1) is 16.7. The lowest BCUT2D eigenvalue weighted by Gasteiger charge is -2.67. The number of nitrogens with zero attached hydrogens (tertiary/aromatic N) is 1. The minimum absolute atomic E-state index is 0.0610. The van der Waals surface area contributed by atoms with E-state index >= 15 is 0 Å². The Morgan fingerprint density at radius 2 is 2.15 bits per heavy atom. The van der Waals surface area contributed by atoms with Gasteiger partial charge in [0.25, 0.3) is 0 Å². The SMILES string of the molecule is COc1cccc2c1OC1C3CCC4(CN(CC5CC5)CCC214)C(CO)C3. The maximum Gasteiger partial charge on any atom is 0.165 e. The van der Waals surface area contributed by atoms with E-state index in [1.807, 2.05) is 6.07 Å². The zero-order chi connectivity index (χ0) is 18.2. The Labute approximate surface area is 161 Å². The Bertz CT molecular complexity index is 762. The molecule has 0 amide bonds. The van der Waals surface area contributed by atoms with Gasteiger partial charge in [-0.3, -0.25) is 0 Å². The molecular weight excluding hydrogens is 338 g/mol. The van der Waals surface area contributed by atoms with Gasteiger partial charge in [0.1, 0.15) is 6.10 Å². The molecule has 0 radical (unpaired) electrons. The number of hydrogen-bond acceptors (Lipinski definition) is 4. The Morgan fingerprint density at radius 3 is 2.93 bits per heavy atom. The van der Waals surface area contributed by atoms with Gasteiger partial charge in [-0.05, 0) is 68.9 Å². The van der Waals surface area contributed by atoms with Crippen LogP contribution in [0.4, 0.5) is 0 Å². The number of likely N-dealkylation sites (tertiary alicyclic amines) is 1. The Hall–Kier alpha value is -1.26. The molecular formula is C23H31NO3. The first-order valence-corrected chi connectivity index (χ1v) is 10.9. The lowest BCUT2D eigenvalue weighted by atomic mass is 9.39. The van der Waals surface area contributed by atoms with Gasteiger partial charge in [0.15, 0.2) is 11.5 Å². The van der Waals surface area contributed by atoms with Crippen LogP contribution in [0.15, 0.2) is 18.2 Å². The molecule has 4 heteroatoms. The number of benzene rings is 1. The third kappa shape index (κ3) is 2.01. The number of piperidine rings is 1. The highest BCUT2D eigenvalue weighted by Gasteiger charge is 2.72. The van der Waals surface area contributed by atoms with Gasteiger partial charge in [-0.2, -0.15) is 0 Å². The molecule has 1 aromatic carbocycles. The van der Waals surface area contributed by atoms with E-state index < -0.39 is 0 Å². The second-order valence-corrected chi connectivity index (χ2v) is 9.85. The molecule has 2 aliphatic heterocycles. The third-order valence-corrected chi connectivity index (χ3v) is 8.82. The molecule has 4 saturated carbocycles. The van der Waals surface area contributed by atoms with Crippen LogP contribution < -0.4 is 9.47 Å². The maximum absolute atomic E-state index is 10.4. The lowest BCUT2D eigenvalue weighted by Crippen LogP contribution is -2.72. The topological polar surface area (TPSA) is 41.9 Å². The van der Waals surface area contributed by atoms with E-state index in [9.17, 15) is 5.11 Å². The van der Waals surface area contributed by atoms with Gasteiger partial charge in [-0.25, -0.2) is 0 Å². The summed E-state index contributed by atoms with van der Waals surface area (Å²) in [5.74, 6) is 3.76. The predicted octanol–water partition coefficient (Wildman–Crippen LogP) is 3.22. The average molecular weight is 370 g/mol. The van der Waals surface area contributed by atoms with E-state index in [0.717, 1.165) is 36.8 Å². The van der Waals surface area contributed by atoms with Crippen LogP contribution in [-0.2, 0) is 5.41 Å². The number of ether oxygens (including phenoxy) is 2. The van der Waals surface area contributed by atoms with Crippen molar-refractivity contribution >= 4 is 0 Å². The summed E-state index contributed by atoms with van der Waals surface area (Å²) in [5.41, 5.74) is 1.58. The number of methoxy groups -OCH3 is 1. The van der Waals surface area contributed by atoms with Crippen LogP contribution in [-0.4, -0.2) is 49.5 Å². The van der Waals surface area contributed by atoms with Crippen molar-refractivity contribution in [3.8, 4) is 11.5 Å². The molecule has 5 atom stereocenters. The molecule has 1 N–H and O–H groups in total. The van der Waals surface area contributed by atoms with Crippen molar-refractivity contribution in [3.63, 3.8) is 0 Å². The van der Waals surface area contributed by atoms with Gasteiger partial charge in [0, 0.05) is 36.1 Å². The fraction of sp³-hybridized carbons (Fsp3) is 0.739. The first-order valence-electron chi connectivity index (χ1n) is 10.9. The van der Waals surface area contributed by atoms with Gasteiger partial charge in [-0.1, -0.05) is 12.1 Å². The molecule has 2 bridgehead atoms. The van der Waals surface area contributed by atoms with Crippen molar-refractivity contribution in [3.05, 3.63) is 23.8 Å². The number of para-hydroxylation sites is 1. The zero-order valence-electron chi connectivity index (χ0n) is 16.3. The Kier molecular flexibility index (Phi) is 3.48. The summed E-state index contributed by atoms with van der Waals surface area (Å²) < 4.78 is 12.4. The highest BCUT2D eigenvalue weighted by Crippen LogP contribution is 2.71. The Morgan fingerprint density at radius 1 is 1.26 bits per heavy atom. The molecule has 5 fully saturated rings. The molecule has 146 valence electrons. The zero-order valence-corrected chi connectivity index (χ0v) is 16.3. The monoisotopic (exact) mass is 369 g/mol. The highest BCUT2D eigenvalue weighted by atomic mass is 16.5. The molecule has 4 nitrogen and oxygen atoms in total. The molecule has 4 aliphatic carbocycles. The van der Waals surface area contributed by atoms with Crippen LogP contribution in [0, 0.1) is 23.2 Å². The molecule has 7 rings (SSSR count). The van der Waals surface area contributed by atoms with Gasteiger partial charge in [0.2, 0.25) is 0 Å². The number of aliphatic hydroxyl groups is 1. The van der Waals surface area contributed by atoms with Gasteiger partial charge in [-0.15, -0.1) is 0 Å². The highest BCUT2D eigenvalue weighted by molar-refractivity contribution is 5.57. The molecule has 1 saturated heterocycles. The fourth-order valence-electron chi connectivity index (χ4n) is 7.56. The summed E-state index contributed by atoms with van der Waals surface area (Å²) >= 11 is 0. The summed E-state index contributed by atoms with van der Waals surface area (Å²) in [4.78, 5) is 2.73.